The van der Waals surface area contributed by atoms with E-state index in [2.05, 4.69) is 52.2 Å². The summed E-state index contributed by atoms with van der Waals surface area (Å²) in [5.41, 5.74) is 3.17. The van der Waals surface area contributed by atoms with Crippen molar-refractivity contribution in [3.8, 4) is 0 Å². The number of rotatable bonds is 4. The van der Waals surface area contributed by atoms with E-state index in [4.69, 9.17) is 11.6 Å². The first kappa shape index (κ1) is 20.5. The first-order valence-electron chi connectivity index (χ1n) is 10.3. The first-order chi connectivity index (χ1) is 14.4. The number of hydrogen-bond donors (Lipinski definition) is 1. The van der Waals surface area contributed by atoms with Gasteiger partial charge in [0.25, 0.3) is 0 Å². The maximum atomic E-state index is 12.8. The minimum Gasteiger partial charge on any atom is -0.352 e. The average Bonchev–Trinajstić information content (AvgIpc) is 3.03. The summed E-state index contributed by atoms with van der Waals surface area (Å²) in [5.74, 6) is 1.92. The highest BCUT2D eigenvalue weighted by Gasteiger charge is 2.24. The largest absolute Gasteiger partial charge is 0.352 e. The molecule has 30 heavy (non-hydrogen) atoms. The van der Waals surface area contributed by atoms with Crippen LogP contribution in [0.3, 0.4) is 0 Å². The standard InChI is InChI=1S/C22H27ClN6O/c1-15(2)13-16-6-7-19-18(14-16)25-21(27(19)3)26-22(30)29-11-9-28(10-12-29)20-17(23)5-4-8-24-20/h4-8,14-15H,9-13H2,1-3H3,(H,25,26,30). The number of piperazine rings is 1. The summed E-state index contributed by atoms with van der Waals surface area (Å²) in [5, 5.41) is 3.61. The number of nitrogens with zero attached hydrogens (tertiary/aromatic N) is 5. The molecular formula is C22H27ClN6O. The summed E-state index contributed by atoms with van der Waals surface area (Å²) < 4.78 is 1.93. The second kappa shape index (κ2) is 8.52. The number of aromatic nitrogens is 3. The summed E-state index contributed by atoms with van der Waals surface area (Å²) in [4.78, 5) is 25.7. The van der Waals surface area contributed by atoms with Crippen molar-refractivity contribution in [2.45, 2.75) is 20.3 Å². The second-order valence-electron chi connectivity index (χ2n) is 8.13. The van der Waals surface area contributed by atoms with E-state index >= 15 is 0 Å². The van der Waals surface area contributed by atoms with E-state index in [9.17, 15) is 4.79 Å². The lowest BCUT2D eigenvalue weighted by atomic mass is 10.0. The molecular weight excluding hydrogens is 400 g/mol. The Hall–Kier alpha value is -2.80. The number of urea groups is 1. The molecule has 0 bridgehead atoms. The number of aryl methyl sites for hydroxylation is 1. The van der Waals surface area contributed by atoms with Gasteiger partial charge in [0.05, 0.1) is 16.1 Å². The Morgan fingerprint density at radius 2 is 1.97 bits per heavy atom. The molecule has 3 aromatic rings. The molecule has 1 N–H and O–H groups in total. The molecule has 1 aliphatic rings. The normalized spacial score (nSPS) is 14.6. The van der Waals surface area contributed by atoms with Crippen molar-refractivity contribution in [1.82, 2.24) is 19.4 Å². The molecule has 3 heterocycles. The van der Waals surface area contributed by atoms with Crippen LogP contribution >= 0.6 is 11.6 Å². The molecule has 0 saturated carbocycles. The molecule has 158 valence electrons. The summed E-state index contributed by atoms with van der Waals surface area (Å²) in [6, 6.07) is 9.84. The number of fused-ring (bicyclic) bond motifs is 1. The van der Waals surface area contributed by atoms with Gasteiger partial charge >= 0.3 is 6.03 Å². The second-order valence-corrected chi connectivity index (χ2v) is 8.54. The lowest BCUT2D eigenvalue weighted by Gasteiger charge is -2.35. The molecule has 0 unspecified atom stereocenters. The van der Waals surface area contributed by atoms with Crippen molar-refractivity contribution in [3.05, 3.63) is 47.1 Å². The van der Waals surface area contributed by atoms with E-state index in [0.29, 0.717) is 43.1 Å². The van der Waals surface area contributed by atoms with Gasteiger partial charge in [-0.05, 0) is 42.2 Å². The molecule has 1 aliphatic heterocycles. The van der Waals surface area contributed by atoms with Crippen LogP contribution in [0.1, 0.15) is 19.4 Å². The van der Waals surface area contributed by atoms with Crippen molar-refractivity contribution in [2.24, 2.45) is 13.0 Å². The van der Waals surface area contributed by atoms with Crippen molar-refractivity contribution in [2.75, 3.05) is 36.4 Å². The fourth-order valence-electron chi connectivity index (χ4n) is 3.86. The number of carbonyl (C=O) groups is 1. The fourth-order valence-corrected chi connectivity index (χ4v) is 4.10. The number of hydrogen-bond acceptors (Lipinski definition) is 4. The molecule has 0 radical (unpaired) electrons. The van der Waals surface area contributed by atoms with Gasteiger partial charge in [0.1, 0.15) is 5.82 Å². The van der Waals surface area contributed by atoms with E-state index in [1.54, 1.807) is 11.1 Å². The third kappa shape index (κ3) is 4.21. The SMILES string of the molecule is CC(C)Cc1ccc2c(c1)nc(NC(=O)N1CCN(c3ncccc3Cl)CC1)n2C. The summed E-state index contributed by atoms with van der Waals surface area (Å²) in [7, 11) is 1.92. The van der Waals surface area contributed by atoms with Gasteiger partial charge in [-0.3, -0.25) is 5.32 Å². The Labute approximate surface area is 181 Å². The smallest absolute Gasteiger partial charge is 0.324 e. The molecule has 4 rings (SSSR count). The van der Waals surface area contributed by atoms with Gasteiger partial charge in [0, 0.05) is 39.4 Å². The van der Waals surface area contributed by atoms with E-state index in [1.165, 1.54) is 5.56 Å². The van der Waals surface area contributed by atoms with Crippen LogP contribution in [0.4, 0.5) is 16.6 Å². The average molecular weight is 427 g/mol. The maximum Gasteiger partial charge on any atom is 0.324 e. The van der Waals surface area contributed by atoms with Crippen LogP contribution in [-0.2, 0) is 13.5 Å². The summed E-state index contributed by atoms with van der Waals surface area (Å²) in [6.45, 7) is 6.98. The zero-order valence-corrected chi connectivity index (χ0v) is 18.4. The van der Waals surface area contributed by atoms with Crippen LogP contribution in [0.5, 0.6) is 0 Å². The lowest BCUT2D eigenvalue weighted by Crippen LogP contribution is -2.50. The van der Waals surface area contributed by atoms with E-state index in [0.717, 1.165) is 23.3 Å². The molecule has 8 heteroatoms. The number of anilines is 2. The highest BCUT2D eigenvalue weighted by Crippen LogP contribution is 2.24. The summed E-state index contributed by atoms with van der Waals surface area (Å²) >= 11 is 6.25. The van der Waals surface area contributed by atoms with Gasteiger partial charge in [-0.1, -0.05) is 31.5 Å². The maximum absolute atomic E-state index is 12.8. The molecule has 0 aliphatic carbocycles. The highest BCUT2D eigenvalue weighted by atomic mass is 35.5. The molecule has 1 saturated heterocycles. The van der Waals surface area contributed by atoms with E-state index in [1.807, 2.05) is 23.7 Å². The van der Waals surface area contributed by atoms with Gasteiger partial charge in [0.2, 0.25) is 5.95 Å². The highest BCUT2D eigenvalue weighted by molar-refractivity contribution is 6.32. The Morgan fingerprint density at radius 1 is 1.20 bits per heavy atom. The molecule has 1 aromatic carbocycles. The Morgan fingerprint density at radius 3 is 2.67 bits per heavy atom. The van der Waals surface area contributed by atoms with Gasteiger partial charge in [-0.15, -0.1) is 0 Å². The van der Waals surface area contributed by atoms with Crippen molar-refractivity contribution < 1.29 is 4.79 Å². The third-order valence-electron chi connectivity index (χ3n) is 5.41. The molecule has 7 nitrogen and oxygen atoms in total. The van der Waals surface area contributed by atoms with Crippen LogP contribution in [0, 0.1) is 5.92 Å². The number of benzene rings is 1. The number of imidazole rings is 1. The van der Waals surface area contributed by atoms with Gasteiger partial charge in [-0.2, -0.15) is 0 Å². The molecule has 0 atom stereocenters. The van der Waals surface area contributed by atoms with Gasteiger partial charge in [-0.25, -0.2) is 14.8 Å². The van der Waals surface area contributed by atoms with Crippen LogP contribution in [0.2, 0.25) is 5.02 Å². The molecule has 2 amide bonds. The van der Waals surface area contributed by atoms with Crippen LogP contribution in [0.15, 0.2) is 36.5 Å². The van der Waals surface area contributed by atoms with Crippen LogP contribution in [-0.4, -0.2) is 51.6 Å². The van der Waals surface area contributed by atoms with Gasteiger partial charge in [0.15, 0.2) is 0 Å². The number of carbonyl (C=O) groups excluding carboxylic acids is 1. The Bertz CT molecular complexity index is 1050. The number of amides is 2. The Kier molecular flexibility index (Phi) is 5.81. The quantitative estimate of drug-likeness (QED) is 0.679. The minimum absolute atomic E-state index is 0.137. The third-order valence-corrected chi connectivity index (χ3v) is 5.71. The zero-order chi connectivity index (χ0) is 21.3. The van der Waals surface area contributed by atoms with E-state index in [-0.39, 0.29) is 6.03 Å². The van der Waals surface area contributed by atoms with Crippen molar-refractivity contribution in [3.63, 3.8) is 0 Å². The molecule has 1 fully saturated rings. The van der Waals surface area contributed by atoms with E-state index < -0.39 is 0 Å². The molecule has 0 spiro atoms. The number of nitrogens with one attached hydrogen (secondary N) is 1. The monoisotopic (exact) mass is 426 g/mol. The zero-order valence-electron chi connectivity index (χ0n) is 17.6. The molecule has 2 aromatic heterocycles. The number of halogens is 1. The topological polar surface area (TPSA) is 66.3 Å². The van der Waals surface area contributed by atoms with Gasteiger partial charge < -0.3 is 14.4 Å². The fraction of sp³-hybridized carbons (Fsp3) is 0.409. The van der Waals surface area contributed by atoms with Crippen LogP contribution < -0.4 is 10.2 Å². The number of pyridine rings is 1. The predicted molar refractivity (Wildman–Crippen MR) is 121 cm³/mol. The van der Waals surface area contributed by atoms with Crippen molar-refractivity contribution >= 4 is 40.4 Å². The van der Waals surface area contributed by atoms with Crippen molar-refractivity contribution in [1.29, 1.82) is 0 Å². The predicted octanol–water partition coefficient (Wildman–Crippen LogP) is 4.17. The Balaban J connectivity index is 1.42. The lowest BCUT2D eigenvalue weighted by molar-refractivity contribution is 0.208. The summed E-state index contributed by atoms with van der Waals surface area (Å²) in [6.07, 6.45) is 2.75. The first-order valence-corrected chi connectivity index (χ1v) is 10.7. The minimum atomic E-state index is -0.137. The van der Waals surface area contributed by atoms with Crippen LogP contribution in [0.25, 0.3) is 11.0 Å².